The molecular weight excluding hydrogens is 440 g/mol. The van der Waals surface area contributed by atoms with E-state index in [0.717, 1.165) is 35.7 Å². The molecule has 2 aliphatic heterocycles. The molecule has 0 spiro atoms. The molecule has 2 aromatic heterocycles. The maximum Gasteiger partial charge on any atom is 0.255 e. The van der Waals surface area contributed by atoms with E-state index in [4.69, 9.17) is 4.74 Å². The van der Waals surface area contributed by atoms with E-state index in [1.807, 2.05) is 25.1 Å². The van der Waals surface area contributed by atoms with Crippen molar-refractivity contribution in [2.75, 3.05) is 36.5 Å². The number of rotatable bonds is 6. The van der Waals surface area contributed by atoms with Crippen molar-refractivity contribution in [1.29, 1.82) is 0 Å². The molecule has 9 heteroatoms. The molecule has 1 amide bonds. The Balaban J connectivity index is 1.55. The van der Waals surface area contributed by atoms with Gasteiger partial charge in [0.1, 0.15) is 5.82 Å². The summed E-state index contributed by atoms with van der Waals surface area (Å²) in [6, 6.07) is 5.77. The van der Waals surface area contributed by atoms with Crippen LogP contribution >= 0.6 is 0 Å². The van der Waals surface area contributed by atoms with Crippen LogP contribution in [0.4, 0.5) is 20.3 Å². The number of aliphatic imine (C=N–C) groups is 1. The molecule has 1 saturated heterocycles. The number of carbonyl (C=O) groups excluding carboxylic acids is 1. The highest BCUT2D eigenvalue weighted by Crippen LogP contribution is 2.28. The maximum absolute atomic E-state index is 13.2. The van der Waals surface area contributed by atoms with E-state index in [2.05, 4.69) is 25.2 Å². The number of hydrogen-bond acceptors (Lipinski definition) is 6. The van der Waals surface area contributed by atoms with E-state index in [0.29, 0.717) is 30.9 Å². The van der Waals surface area contributed by atoms with Crippen LogP contribution in [0.2, 0.25) is 0 Å². The minimum atomic E-state index is -2.56. The van der Waals surface area contributed by atoms with Crippen molar-refractivity contribution in [3.05, 3.63) is 59.7 Å². The molecule has 0 aliphatic carbocycles. The van der Waals surface area contributed by atoms with Crippen LogP contribution in [-0.2, 0) is 9.53 Å². The van der Waals surface area contributed by atoms with Crippen molar-refractivity contribution >= 4 is 23.6 Å². The monoisotopic (exact) mass is 467 g/mol. The number of nitrogens with one attached hydrogen (secondary N) is 1. The predicted molar refractivity (Wildman–Crippen MR) is 128 cm³/mol. The lowest BCUT2D eigenvalue weighted by Gasteiger charge is -2.28. The number of nitrogens with zero attached hydrogens (tertiary/aromatic N) is 4. The van der Waals surface area contributed by atoms with Crippen LogP contribution < -0.4 is 10.2 Å². The molecule has 0 bridgehead atoms. The number of halogens is 2. The van der Waals surface area contributed by atoms with E-state index in [-0.39, 0.29) is 5.70 Å². The molecular formula is C25H27F2N5O2. The lowest BCUT2D eigenvalue weighted by Crippen LogP contribution is -2.36. The van der Waals surface area contributed by atoms with Gasteiger partial charge in [0, 0.05) is 54.4 Å². The first kappa shape index (κ1) is 23.7. The van der Waals surface area contributed by atoms with E-state index in [9.17, 15) is 13.6 Å². The molecule has 1 N–H and O–H groups in total. The molecule has 1 fully saturated rings. The fraction of sp³-hybridized carbons (Fsp3) is 0.360. The Bertz CT molecular complexity index is 1140. The summed E-state index contributed by atoms with van der Waals surface area (Å²) in [5.74, 6) is -0.598. The molecule has 7 nitrogen and oxygen atoms in total. The summed E-state index contributed by atoms with van der Waals surface area (Å²) >= 11 is 0. The van der Waals surface area contributed by atoms with Crippen LogP contribution in [0.1, 0.15) is 19.0 Å². The van der Waals surface area contributed by atoms with Crippen LogP contribution in [0.5, 0.6) is 0 Å². The Morgan fingerprint density at radius 2 is 2.00 bits per heavy atom. The second-order valence-electron chi connectivity index (χ2n) is 8.21. The zero-order valence-corrected chi connectivity index (χ0v) is 19.2. The summed E-state index contributed by atoms with van der Waals surface area (Å²) < 4.78 is 31.7. The third kappa shape index (κ3) is 5.53. The molecule has 0 saturated carbocycles. The second-order valence-corrected chi connectivity index (χ2v) is 8.21. The quantitative estimate of drug-likeness (QED) is 0.681. The molecule has 2 aliphatic rings. The molecule has 1 atom stereocenters. The van der Waals surface area contributed by atoms with Crippen LogP contribution in [0.15, 0.2) is 59.0 Å². The van der Waals surface area contributed by atoms with Gasteiger partial charge in [-0.2, -0.15) is 0 Å². The number of amides is 1. The number of aromatic nitrogens is 2. The molecule has 1 unspecified atom stereocenters. The van der Waals surface area contributed by atoms with Gasteiger partial charge in [0.2, 0.25) is 6.43 Å². The molecule has 0 radical (unpaired) electrons. The Morgan fingerprint density at radius 3 is 2.76 bits per heavy atom. The topological polar surface area (TPSA) is 79.7 Å². The van der Waals surface area contributed by atoms with Gasteiger partial charge in [0.05, 0.1) is 31.0 Å². The first-order valence-electron chi connectivity index (χ1n) is 11.2. The second kappa shape index (κ2) is 10.6. The van der Waals surface area contributed by atoms with E-state index < -0.39 is 18.3 Å². The highest BCUT2D eigenvalue weighted by molar-refractivity contribution is 6.06. The average molecular weight is 468 g/mol. The molecule has 0 aromatic carbocycles. The summed E-state index contributed by atoms with van der Waals surface area (Å²) in [6.45, 7) is 6.19. The number of allylic oxidation sites excluding steroid dienone is 2. The molecule has 4 heterocycles. The Labute approximate surface area is 197 Å². The van der Waals surface area contributed by atoms with Crippen LogP contribution in [0, 0.1) is 12.8 Å². The van der Waals surface area contributed by atoms with Crippen molar-refractivity contribution in [2.45, 2.75) is 26.7 Å². The molecule has 178 valence electrons. The zero-order chi connectivity index (χ0) is 24.1. The largest absolute Gasteiger partial charge is 0.378 e. The summed E-state index contributed by atoms with van der Waals surface area (Å²) in [4.78, 5) is 28.1. The number of carbonyl (C=O) groups is 1. The zero-order valence-electron chi connectivity index (χ0n) is 19.2. The van der Waals surface area contributed by atoms with Crippen molar-refractivity contribution in [3.8, 4) is 11.1 Å². The molecule has 2 aromatic rings. The van der Waals surface area contributed by atoms with Crippen molar-refractivity contribution in [1.82, 2.24) is 9.97 Å². The summed E-state index contributed by atoms with van der Waals surface area (Å²) in [7, 11) is 0. The van der Waals surface area contributed by atoms with E-state index >= 15 is 0 Å². The van der Waals surface area contributed by atoms with Gasteiger partial charge >= 0.3 is 0 Å². The smallest absolute Gasteiger partial charge is 0.255 e. The normalized spacial score (nSPS) is 17.1. The molecule has 34 heavy (non-hydrogen) atoms. The number of pyridine rings is 2. The number of morpholine rings is 1. The van der Waals surface area contributed by atoms with Gasteiger partial charge in [-0.1, -0.05) is 13.0 Å². The van der Waals surface area contributed by atoms with Crippen LogP contribution in [0.25, 0.3) is 11.1 Å². The summed E-state index contributed by atoms with van der Waals surface area (Å²) in [5.41, 5.74) is 3.61. The Morgan fingerprint density at radius 1 is 1.21 bits per heavy atom. The van der Waals surface area contributed by atoms with Gasteiger partial charge in [-0.25, -0.2) is 13.8 Å². The third-order valence-corrected chi connectivity index (χ3v) is 5.83. The van der Waals surface area contributed by atoms with Crippen molar-refractivity contribution in [3.63, 3.8) is 0 Å². The summed E-state index contributed by atoms with van der Waals surface area (Å²) in [5, 5.41) is 2.84. The summed E-state index contributed by atoms with van der Waals surface area (Å²) in [6.07, 6.45) is 5.80. The first-order chi connectivity index (χ1) is 16.4. The van der Waals surface area contributed by atoms with Gasteiger partial charge in [-0.15, -0.1) is 0 Å². The average Bonchev–Trinajstić information content (AvgIpc) is 3.12. The lowest BCUT2D eigenvalue weighted by atomic mass is 10.0. The van der Waals surface area contributed by atoms with Gasteiger partial charge in [0.15, 0.2) is 0 Å². The third-order valence-electron chi connectivity index (χ3n) is 5.83. The maximum atomic E-state index is 13.2. The minimum absolute atomic E-state index is 0.184. The Kier molecular flexibility index (Phi) is 7.42. The van der Waals surface area contributed by atoms with Gasteiger partial charge < -0.3 is 15.0 Å². The van der Waals surface area contributed by atoms with Gasteiger partial charge in [-0.3, -0.25) is 14.8 Å². The number of alkyl halides is 2. The van der Waals surface area contributed by atoms with E-state index in [1.54, 1.807) is 18.5 Å². The van der Waals surface area contributed by atoms with Crippen molar-refractivity contribution in [2.24, 2.45) is 10.9 Å². The fourth-order valence-corrected chi connectivity index (χ4v) is 3.78. The Hall–Kier alpha value is -3.46. The van der Waals surface area contributed by atoms with Crippen LogP contribution in [-0.4, -0.2) is 54.8 Å². The van der Waals surface area contributed by atoms with Gasteiger partial charge in [0.25, 0.3) is 5.91 Å². The molecule has 4 rings (SSSR count). The van der Waals surface area contributed by atoms with Crippen molar-refractivity contribution < 1.29 is 18.3 Å². The minimum Gasteiger partial charge on any atom is -0.378 e. The number of ether oxygens (including phenoxy) is 1. The number of anilines is 2. The van der Waals surface area contributed by atoms with Crippen LogP contribution in [0.3, 0.4) is 0 Å². The van der Waals surface area contributed by atoms with E-state index in [1.165, 1.54) is 19.2 Å². The standard InChI is InChI=1S/C25H27F2N5O2/c1-16(24(26)27)22-12-19(4-3-6-28-22)25(33)31-20-14-21(17(2)30-15-20)18-5-7-29-23(13-18)32-8-10-34-11-9-32/h4-7,12-16,24H,3,8-11H2,1-2H3,(H,31,33). The highest BCUT2D eigenvalue weighted by Gasteiger charge is 2.21. The number of hydrogen-bond donors (Lipinski definition) is 1. The first-order valence-corrected chi connectivity index (χ1v) is 11.2. The lowest BCUT2D eigenvalue weighted by molar-refractivity contribution is -0.112. The fourth-order valence-electron chi connectivity index (χ4n) is 3.78. The predicted octanol–water partition coefficient (Wildman–Crippen LogP) is 4.41. The number of aryl methyl sites for hydroxylation is 1. The van der Waals surface area contributed by atoms with Gasteiger partial charge in [-0.05, 0) is 36.8 Å². The highest BCUT2D eigenvalue weighted by atomic mass is 19.3. The SMILES string of the molecule is Cc1ncc(NC(=O)C2=CCC=NC(C(C)C(F)F)=C2)cc1-c1ccnc(N2CCOCC2)c1.